The number of amides is 1. The number of carbonyl (C=O) groups is 1. The molecule has 0 saturated heterocycles. The first kappa shape index (κ1) is 14.3. The molecule has 1 amide bonds. The first-order chi connectivity index (χ1) is 10.7. The maximum absolute atomic E-state index is 12.9. The second kappa shape index (κ2) is 5.98. The summed E-state index contributed by atoms with van der Waals surface area (Å²) in [6, 6.07) is 17.5. The molecule has 22 heavy (non-hydrogen) atoms. The zero-order valence-corrected chi connectivity index (χ0v) is 12.8. The van der Waals surface area contributed by atoms with Gasteiger partial charge in [-0.2, -0.15) is 0 Å². The van der Waals surface area contributed by atoms with Crippen molar-refractivity contribution in [2.24, 2.45) is 0 Å². The summed E-state index contributed by atoms with van der Waals surface area (Å²) in [5.74, 6) is 0.0163. The van der Waals surface area contributed by atoms with E-state index in [1.54, 1.807) is 6.20 Å². The van der Waals surface area contributed by atoms with Gasteiger partial charge < -0.3 is 4.90 Å². The summed E-state index contributed by atoms with van der Waals surface area (Å²) in [4.78, 5) is 19.0. The van der Waals surface area contributed by atoms with E-state index in [2.05, 4.69) is 4.98 Å². The fourth-order valence-corrected chi connectivity index (χ4v) is 2.65. The molecule has 0 bridgehead atoms. The van der Waals surface area contributed by atoms with Crippen molar-refractivity contribution in [1.29, 1.82) is 0 Å². The second-order valence-corrected chi connectivity index (χ2v) is 5.25. The van der Waals surface area contributed by atoms with Gasteiger partial charge in [0.05, 0.1) is 5.52 Å². The first-order valence-electron chi connectivity index (χ1n) is 7.43. The van der Waals surface area contributed by atoms with Crippen LogP contribution in [-0.4, -0.2) is 17.4 Å². The van der Waals surface area contributed by atoms with E-state index >= 15 is 0 Å². The Labute approximate surface area is 130 Å². The monoisotopic (exact) mass is 290 g/mol. The number of nitrogens with zero attached hydrogens (tertiary/aromatic N) is 2. The Morgan fingerprint density at radius 2 is 1.91 bits per heavy atom. The molecule has 0 fully saturated rings. The van der Waals surface area contributed by atoms with E-state index in [9.17, 15) is 4.79 Å². The van der Waals surface area contributed by atoms with Gasteiger partial charge in [-0.3, -0.25) is 9.78 Å². The third kappa shape index (κ3) is 2.58. The molecule has 110 valence electrons. The molecule has 0 saturated carbocycles. The van der Waals surface area contributed by atoms with Crippen molar-refractivity contribution in [1.82, 2.24) is 4.98 Å². The zero-order chi connectivity index (χ0) is 15.5. The first-order valence-corrected chi connectivity index (χ1v) is 7.43. The van der Waals surface area contributed by atoms with Crippen molar-refractivity contribution in [2.75, 3.05) is 11.4 Å². The number of anilines is 1. The lowest BCUT2D eigenvalue weighted by atomic mass is 10.1. The molecule has 0 radical (unpaired) electrons. The normalized spacial score (nSPS) is 10.6. The molecule has 0 N–H and O–H groups in total. The standard InChI is InChI=1S/C19H18N2O/c1-3-21(18-9-5-4-7-14(18)2)19(22)16-10-11-17-15(13-16)8-6-12-20-17/h4-13H,3H2,1-2H3. The van der Waals surface area contributed by atoms with Gasteiger partial charge in [-0.15, -0.1) is 0 Å². The highest BCUT2D eigenvalue weighted by Crippen LogP contribution is 2.22. The Morgan fingerprint density at radius 1 is 1.09 bits per heavy atom. The molecule has 0 atom stereocenters. The van der Waals surface area contributed by atoms with Crippen molar-refractivity contribution in [3.05, 3.63) is 71.9 Å². The van der Waals surface area contributed by atoms with Gasteiger partial charge in [0.15, 0.2) is 0 Å². The fourth-order valence-electron chi connectivity index (χ4n) is 2.65. The predicted molar refractivity (Wildman–Crippen MR) is 90.3 cm³/mol. The van der Waals surface area contributed by atoms with E-state index in [1.807, 2.05) is 73.3 Å². The van der Waals surface area contributed by atoms with Crippen LogP contribution >= 0.6 is 0 Å². The number of para-hydroxylation sites is 1. The van der Waals surface area contributed by atoms with Crippen molar-refractivity contribution in [3.8, 4) is 0 Å². The summed E-state index contributed by atoms with van der Waals surface area (Å²) in [5.41, 5.74) is 3.64. The maximum atomic E-state index is 12.9. The summed E-state index contributed by atoms with van der Waals surface area (Å²) < 4.78 is 0. The number of rotatable bonds is 3. The third-order valence-corrected chi connectivity index (χ3v) is 3.82. The number of carbonyl (C=O) groups excluding carboxylic acids is 1. The molecule has 0 aliphatic rings. The Hall–Kier alpha value is -2.68. The van der Waals surface area contributed by atoms with Crippen molar-refractivity contribution in [3.63, 3.8) is 0 Å². The molecule has 2 aromatic carbocycles. The highest BCUT2D eigenvalue weighted by Gasteiger charge is 2.17. The van der Waals surface area contributed by atoms with E-state index in [-0.39, 0.29) is 5.91 Å². The Kier molecular flexibility index (Phi) is 3.88. The highest BCUT2D eigenvalue weighted by molar-refractivity contribution is 6.08. The van der Waals surface area contributed by atoms with Crippen LogP contribution in [0.5, 0.6) is 0 Å². The van der Waals surface area contributed by atoms with Crippen LogP contribution in [0.3, 0.4) is 0 Å². The minimum absolute atomic E-state index is 0.0163. The van der Waals surface area contributed by atoms with Gasteiger partial charge in [0, 0.05) is 29.4 Å². The van der Waals surface area contributed by atoms with Gasteiger partial charge in [-0.05, 0) is 49.7 Å². The number of hydrogen-bond donors (Lipinski definition) is 0. The molecule has 0 aliphatic heterocycles. The third-order valence-electron chi connectivity index (χ3n) is 3.82. The number of benzene rings is 2. The van der Waals surface area contributed by atoms with Crippen LogP contribution in [0.1, 0.15) is 22.8 Å². The topological polar surface area (TPSA) is 33.2 Å². The number of hydrogen-bond acceptors (Lipinski definition) is 2. The second-order valence-electron chi connectivity index (χ2n) is 5.25. The fraction of sp³-hybridized carbons (Fsp3) is 0.158. The predicted octanol–water partition coefficient (Wildman–Crippen LogP) is 4.21. The summed E-state index contributed by atoms with van der Waals surface area (Å²) in [7, 11) is 0. The average Bonchev–Trinajstić information content (AvgIpc) is 2.56. The molecule has 1 heterocycles. The van der Waals surface area contributed by atoms with Crippen LogP contribution in [-0.2, 0) is 0 Å². The smallest absolute Gasteiger partial charge is 0.258 e. The molecule has 0 unspecified atom stereocenters. The molecule has 3 aromatic rings. The maximum Gasteiger partial charge on any atom is 0.258 e. The Balaban J connectivity index is 2.01. The van der Waals surface area contributed by atoms with Crippen LogP contribution in [0.2, 0.25) is 0 Å². The highest BCUT2D eigenvalue weighted by atomic mass is 16.2. The number of fused-ring (bicyclic) bond motifs is 1. The lowest BCUT2D eigenvalue weighted by Gasteiger charge is -2.23. The van der Waals surface area contributed by atoms with Gasteiger partial charge >= 0.3 is 0 Å². The van der Waals surface area contributed by atoms with E-state index in [0.29, 0.717) is 12.1 Å². The number of aryl methyl sites for hydroxylation is 1. The van der Waals surface area contributed by atoms with Gasteiger partial charge in [-0.1, -0.05) is 24.3 Å². The molecule has 3 heteroatoms. The zero-order valence-electron chi connectivity index (χ0n) is 12.8. The molecule has 0 spiro atoms. The summed E-state index contributed by atoms with van der Waals surface area (Å²) in [6.07, 6.45) is 1.76. The van der Waals surface area contributed by atoms with Gasteiger partial charge in [0.25, 0.3) is 5.91 Å². The van der Waals surface area contributed by atoms with Crippen molar-refractivity contribution >= 4 is 22.5 Å². The minimum atomic E-state index is 0.0163. The number of pyridine rings is 1. The largest absolute Gasteiger partial charge is 0.308 e. The van der Waals surface area contributed by atoms with E-state index in [1.165, 1.54) is 0 Å². The van der Waals surface area contributed by atoms with Crippen LogP contribution in [0.15, 0.2) is 60.8 Å². The van der Waals surface area contributed by atoms with Crippen molar-refractivity contribution in [2.45, 2.75) is 13.8 Å². The molecular weight excluding hydrogens is 272 g/mol. The number of aromatic nitrogens is 1. The molecule has 3 rings (SSSR count). The van der Waals surface area contributed by atoms with Crippen LogP contribution in [0.4, 0.5) is 5.69 Å². The quantitative estimate of drug-likeness (QED) is 0.724. The van der Waals surface area contributed by atoms with Gasteiger partial charge in [0.1, 0.15) is 0 Å². The van der Waals surface area contributed by atoms with Gasteiger partial charge in [-0.25, -0.2) is 0 Å². The van der Waals surface area contributed by atoms with Crippen LogP contribution < -0.4 is 4.90 Å². The summed E-state index contributed by atoms with van der Waals surface area (Å²) in [5, 5.41) is 0.981. The van der Waals surface area contributed by atoms with Crippen LogP contribution in [0.25, 0.3) is 10.9 Å². The molecule has 0 aliphatic carbocycles. The van der Waals surface area contributed by atoms with E-state index < -0.39 is 0 Å². The SMILES string of the molecule is CCN(C(=O)c1ccc2ncccc2c1)c1ccccc1C. The molecule has 3 nitrogen and oxygen atoms in total. The lowest BCUT2D eigenvalue weighted by Crippen LogP contribution is -2.31. The van der Waals surface area contributed by atoms with Crippen LogP contribution in [0, 0.1) is 6.92 Å². The summed E-state index contributed by atoms with van der Waals surface area (Å²) >= 11 is 0. The average molecular weight is 290 g/mol. The van der Waals surface area contributed by atoms with Gasteiger partial charge in [0.2, 0.25) is 0 Å². The minimum Gasteiger partial charge on any atom is -0.308 e. The Bertz CT molecular complexity index is 826. The lowest BCUT2D eigenvalue weighted by molar-refractivity contribution is 0.0988. The van der Waals surface area contributed by atoms with Crippen molar-refractivity contribution < 1.29 is 4.79 Å². The van der Waals surface area contributed by atoms with E-state index in [4.69, 9.17) is 0 Å². The Morgan fingerprint density at radius 3 is 2.68 bits per heavy atom. The molecular formula is C19H18N2O. The summed E-state index contributed by atoms with van der Waals surface area (Å²) in [6.45, 7) is 4.65. The molecule has 1 aromatic heterocycles. The van der Waals surface area contributed by atoms with E-state index in [0.717, 1.165) is 22.2 Å².